The number of amides is 1. The maximum atomic E-state index is 11.1. The molecule has 0 atom stereocenters. The number of likely N-dealkylation sites (tertiary alicyclic amines) is 1. The number of primary amides is 1. The zero-order valence-electron chi connectivity index (χ0n) is 11.9. The summed E-state index contributed by atoms with van der Waals surface area (Å²) in [5.74, 6) is 0.534. The number of aromatic nitrogens is 1. The van der Waals surface area contributed by atoms with E-state index in [1.807, 2.05) is 0 Å². The van der Waals surface area contributed by atoms with E-state index in [2.05, 4.69) is 4.98 Å². The van der Waals surface area contributed by atoms with Crippen molar-refractivity contribution in [3.8, 4) is 5.88 Å². The third kappa shape index (κ3) is 6.08. The number of nitrogens with two attached hydrogens (primary N) is 1. The molecule has 0 aromatic carbocycles. The lowest BCUT2D eigenvalue weighted by Gasteiger charge is -2.27. The first-order valence-electron chi connectivity index (χ1n) is 7.02. The average molecular weight is 334 g/mol. The second kappa shape index (κ2) is 9.07. The molecule has 1 saturated heterocycles. The number of rotatable bonds is 6. The highest BCUT2D eigenvalue weighted by Crippen LogP contribution is 2.11. The molecule has 1 aromatic heterocycles. The highest BCUT2D eigenvalue weighted by molar-refractivity contribution is 6.30. The van der Waals surface area contributed by atoms with Crippen molar-refractivity contribution < 1.29 is 26.8 Å². The van der Waals surface area contributed by atoms with Crippen LogP contribution in [0.2, 0.25) is 5.02 Å². The first kappa shape index (κ1) is 18.0. The van der Waals surface area contributed by atoms with Crippen LogP contribution in [-0.2, 0) is 4.79 Å². The Hall–Kier alpha value is -1.04. The summed E-state index contributed by atoms with van der Waals surface area (Å²) >= 11 is 5.75. The lowest BCUT2D eigenvalue weighted by molar-refractivity contribution is -0.906. The van der Waals surface area contributed by atoms with Crippen molar-refractivity contribution in [1.29, 1.82) is 0 Å². The number of halogens is 2. The van der Waals surface area contributed by atoms with Gasteiger partial charge in [0.25, 0.3) is 0 Å². The number of pyridine rings is 1. The number of carbonyl (C=O) groups is 1. The van der Waals surface area contributed by atoms with E-state index in [1.165, 1.54) is 4.90 Å². The number of nitrogens with one attached hydrogen (secondary N) is 1. The van der Waals surface area contributed by atoms with Gasteiger partial charge in [-0.3, -0.25) is 4.79 Å². The number of ether oxygens (including phenoxy) is 1. The van der Waals surface area contributed by atoms with Gasteiger partial charge in [0.05, 0.1) is 31.3 Å². The third-order valence-electron chi connectivity index (χ3n) is 3.72. The van der Waals surface area contributed by atoms with Crippen LogP contribution in [0.3, 0.4) is 0 Å². The Morgan fingerprint density at radius 1 is 1.43 bits per heavy atom. The molecule has 0 spiro atoms. The molecule has 7 heteroatoms. The van der Waals surface area contributed by atoms with E-state index in [0.717, 1.165) is 38.9 Å². The zero-order valence-corrected chi connectivity index (χ0v) is 13.4. The molecule has 0 unspecified atom stereocenters. The molecule has 21 heavy (non-hydrogen) atoms. The molecule has 2 rings (SSSR count). The number of quaternary nitrogens is 1. The van der Waals surface area contributed by atoms with Crippen molar-refractivity contribution in [2.24, 2.45) is 11.7 Å². The van der Waals surface area contributed by atoms with Crippen LogP contribution < -0.4 is 27.8 Å². The molecule has 0 bridgehead atoms. The Labute approximate surface area is 136 Å². The summed E-state index contributed by atoms with van der Waals surface area (Å²) in [4.78, 5) is 16.7. The highest BCUT2D eigenvalue weighted by Gasteiger charge is 2.25. The standard InChI is InChI=1S/C14H20ClN3O2.ClH/c15-12-2-3-13(17-10-12)20-9-1-6-18-7-4-11(5-8-18)14(16)19;/h2-3,10-11H,1,4-9H2,(H2,16,19);1H. The molecule has 118 valence electrons. The molecule has 1 aliphatic heterocycles. The van der Waals surface area contributed by atoms with Gasteiger partial charge in [-0.15, -0.1) is 0 Å². The predicted octanol–water partition coefficient (Wildman–Crippen LogP) is -2.71. The minimum atomic E-state index is -0.152. The molecule has 5 nitrogen and oxygen atoms in total. The minimum Gasteiger partial charge on any atom is -1.00 e. The monoisotopic (exact) mass is 333 g/mol. The second-order valence-electron chi connectivity index (χ2n) is 5.19. The average Bonchev–Trinajstić information content (AvgIpc) is 2.46. The van der Waals surface area contributed by atoms with Gasteiger partial charge in [-0.2, -0.15) is 0 Å². The van der Waals surface area contributed by atoms with Crippen molar-refractivity contribution in [2.75, 3.05) is 26.2 Å². The lowest BCUT2D eigenvalue weighted by Crippen LogP contribution is -3.13. The van der Waals surface area contributed by atoms with Crippen molar-refractivity contribution in [3.63, 3.8) is 0 Å². The van der Waals surface area contributed by atoms with Crippen LogP contribution >= 0.6 is 11.6 Å². The van der Waals surface area contributed by atoms with E-state index in [-0.39, 0.29) is 24.2 Å². The normalized spacial score (nSPS) is 21.4. The Morgan fingerprint density at radius 2 is 2.14 bits per heavy atom. The van der Waals surface area contributed by atoms with Gasteiger partial charge in [-0.1, -0.05) is 11.6 Å². The molecule has 3 N–H and O–H groups in total. The van der Waals surface area contributed by atoms with Gasteiger partial charge in [-0.05, 0) is 6.07 Å². The quantitative estimate of drug-likeness (QED) is 0.556. The van der Waals surface area contributed by atoms with E-state index in [1.54, 1.807) is 18.3 Å². The van der Waals surface area contributed by atoms with E-state index >= 15 is 0 Å². The van der Waals surface area contributed by atoms with Crippen molar-refractivity contribution in [2.45, 2.75) is 19.3 Å². The molecule has 1 aliphatic rings. The molecular weight excluding hydrogens is 313 g/mol. The van der Waals surface area contributed by atoms with Gasteiger partial charge in [-0.25, -0.2) is 4.98 Å². The third-order valence-corrected chi connectivity index (χ3v) is 3.94. The van der Waals surface area contributed by atoms with Gasteiger partial charge >= 0.3 is 0 Å². The maximum absolute atomic E-state index is 11.1. The summed E-state index contributed by atoms with van der Waals surface area (Å²) < 4.78 is 5.55. The van der Waals surface area contributed by atoms with E-state index in [0.29, 0.717) is 17.5 Å². The van der Waals surface area contributed by atoms with Crippen LogP contribution in [0, 0.1) is 5.92 Å². The topological polar surface area (TPSA) is 69.7 Å². The fourth-order valence-corrected chi connectivity index (χ4v) is 2.62. The predicted molar refractivity (Wildman–Crippen MR) is 76.8 cm³/mol. The first-order chi connectivity index (χ1) is 9.65. The largest absolute Gasteiger partial charge is 1.00 e. The van der Waals surface area contributed by atoms with Crippen LogP contribution in [0.1, 0.15) is 19.3 Å². The van der Waals surface area contributed by atoms with Gasteiger partial charge in [0, 0.05) is 37.4 Å². The van der Waals surface area contributed by atoms with Crippen molar-refractivity contribution >= 4 is 17.5 Å². The fourth-order valence-electron chi connectivity index (χ4n) is 2.51. The van der Waals surface area contributed by atoms with Gasteiger partial charge in [0.15, 0.2) is 0 Å². The number of piperidine rings is 1. The second-order valence-corrected chi connectivity index (χ2v) is 5.63. The maximum Gasteiger partial charge on any atom is 0.220 e. The number of carbonyl (C=O) groups excluding carboxylic acids is 1. The summed E-state index contributed by atoms with van der Waals surface area (Å²) in [5.41, 5.74) is 5.32. The van der Waals surface area contributed by atoms with Crippen molar-refractivity contribution in [3.05, 3.63) is 23.4 Å². The Balaban J connectivity index is 0.00000220. The smallest absolute Gasteiger partial charge is 0.220 e. The van der Waals surface area contributed by atoms with Crippen LogP contribution in [-0.4, -0.2) is 37.1 Å². The Kier molecular flexibility index (Phi) is 7.78. The molecular formula is C14H21Cl2N3O2. The molecule has 2 heterocycles. The Morgan fingerprint density at radius 3 is 2.71 bits per heavy atom. The molecule has 0 saturated carbocycles. The van der Waals surface area contributed by atoms with Gasteiger partial charge < -0.3 is 27.8 Å². The highest BCUT2D eigenvalue weighted by atomic mass is 35.5. The van der Waals surface area contributed by atoms with Gasteiger partial charge in [0.1, 0.15) is 0 Å². The summed E-state index contributed by atoms with van der Waals surface area (Å²) in [5, 5.41) is 0.610. The fraction of sp³-hybridized carbons (Fsp3) is 0.571. The number of hydrogen-bond donors (Lipinski definition) is 2. The van der Waals surface area contributed by atoms with Crippen LogP contribution in [0.25, 0.3) is 0 Å². The summed E-state index contributed by atoms with van der Waals surface area (Å²) in [6.07, 6.45) is 4.37. The minimum absolute atomic E-state index is 0. The van der Waals surface area contributed by atoms with E-state index < -0.39 is 0 Å². The first-order valence-corrected chi connectivity index (χ1v) is 7.40. The SMILES string of the molecule is NC(=O)C1CC[NH+](CCCOc2ccc(Cl)cn2)CC1.[Cl-]. The number of hydrogen-bond acceptors (Lipinski definition) is 3. The molecule has 0 radical (unpaired) electrons. The van der Waals surface area contributed by atoms with Gasteiger partial charge in [0.2, 0.25) is 11.8 Å². The van der Waals surface area contributed by atoms with Crippen LogP contribution in [0.5, 0.6) is 5.88 Å². The number of nitrogens with zero attached hydrogens (tertiary/aromatic N) is 1. The summed E-state index contributed by atoms with van der Waals surface area (Å²) in [6.45, 7) is 3.75. The molecule has 1 aromatic rings. The Bertz CT molecular complexity index is 434. The van der Waals surface area contributed by atoms with Crippen LogP contribution in [0.4, 0.5) is 0 Å². The molecule has 1 fully saturated rings. The van der Waals surface area contributed by atoms with Crippen LogP contribution in [0.15, 0.2) is 18.3 Å². The summed E-state index contributed by atoms with van der Waals surface area (Å²) in [7, 11) is 0. The molecule has 1 amide bonds. The van der Waals surface area contributed by atoms with E-state index in [9.17, 15) is 4.79 Å². The zero-order chi connectivity index (χ0) is 14.4. The van der Waals surface area contributed by atoms with E-state index in [4.69, 9.17) is 22.1 Å². The molecule has 0 aliphatic carbocycles. The van der Waals surface area contributed by atoms with Crippen molar-refractivity contribution in [1.82, 2.24) is 4.98 Å². The lowest BCUT2D eigenvalue weighted by atomic mass is 9.96. The summed E-state index contributed by atoms with van der Waals surface area (Å²) in [6, 6.07) is 3.54.